The zero-order chi connectivity index (χ0) is 15.6. The predicted octanol–water partition coefficient (Wildman–Crippen LogP) is 0.578. The Morgan fingerprint density at radius 2 is 1.90 bits per heavy atom. The monoisotopic (exact) mass is 316 g/mol. The van der Waals surface area contributed by atoms with Crippen molar-refractivity contribution in [3.8, 4) is 6.07 Å². The van der Waals surface area contributed by atoms with Crippen molar-refractivity contribution in [2.24, 2.45) is 0 Å². The van der Waals surface area contributed by atoms with E-state index >= 15 is 0 Å². The zero-order valence-electron chi connectivity index (χ0n) is 11.4. The highest BCUT2D eigenvalue weighted by atomic mass is 32.2. The number of nitrogens with one attached hydrogen (secondary N) is 1. The van der Waals surface area contributed by atoms with Crippen molar-refractivity contribution in [3.05, 3.63) is 29.3 Å². The third kappa shape index (κ3) is 4.59. The van der Waals surface area contributed by atoms with Gasteiger partial charge in [-0.1, -0.05) is 6.07 Å². The molecular formula is C12H16N2O4S2. The van der Waals surface area contributed by atoms with Gasteiger partial charge in [0.1, 0.15) is 9.84 Å². The number of hydrogen-bond acceptors (Lipinski definition) is 5. The average molecular weight is 316 g/mol. The van der Waals surface area contributed by atoms with Crippen LogP contribution in [0.1, 0.15) is 18.1 Å². The van der Waals surface area contributed by atoms with Crippen molar-refractivity contribution in [2.45, 2.75) is 24.8 Å². The maximum atomic E-state index is 12.2. The Hall–Kier alpha value is -1.43. The summed E-state index contributed by atoms with van der Waals surface area (Å²) >= 11 is 0. The quantitative estimate of drug-likeness (QED) is 0.855. The van der Waals surface area contributed by atoms with E-state index in [1.54, 1.807) is 6.92 Å². The molecule has 1 aromatic carbocycles. The molecule has 1 aromatic rings. The molecule has 0 saturated carbocycles. The van der Waals surface area contributed by atoms with Gasteiger partial charge in [-0.15, -0.1) is 0 Å². The van der Waals surface area contributed by atoms with Crippen LogP contribution in [-0.2, 0) is 19.9 Å². The summed E-state index contributed by atoms with van der Waals surface area (Å²) in [7, 11) is -7.14. The van der Waals surface area contributed by atoms with Gasteiger partial charge in [0.2, 0.25) is 10.0 Å². The van der Waals surface area contributed by atoms with Crippen LogP contribution in [0.5, 0.6) is 0 Å². The van der Waals surface area contributed by atoms with Gasteiger partial charge in [0.05, 0.1) is 22.3 Å². The number of benzene rings is 1. The molecule has 0 fully saturated rings. The zero-order valence-corrected chi connectivity index (χ0v) is 13.0. The highest BCUT2D eigenvalue weighted by Gasteiger charge is 2.22. The Bertz CT molecular complexity index is 746. The Labute approximate surface area is 119 Å². The van der Waals surface area contributed by atoms with Gasteiger partial charge in [0.15, 0.2) is 0 Å². The van der Waals surface area contributed by atoms with Gasteiger partial charge < -0.3 is 0 Å². The van der Waals surface area contributed by atoms with Crippen molar-refractivity contribution in [3.63, 3.8) is 0 Å². The number of nitriles is 1. The van der Waals surface area contributed by atoms with Crippen LogP contribution in [0.15, 0.2) is 23.1 Å². The van der Waals surface area contributed by atoms with Gasteiger partial charge >= 0.3 is 0 Å². The fourth-order valence-corrected chi connectivity index (χ4v) is 4.39. The molecule has 110 valence electrons. The second-order valence-electron chi connectivity index (χ2n) is 4.71. The summed E-state index contributed by atoms with van der Waals surface area (Å²) in [4.78, 5) is -0.0168. The van der Waals surface area contributed by atoms with Crippen molar-refractivity contribution in [1.29, 1.82) is 5.26 Å². The largest absolute Gasteiger partial charge is 0.241 e. The van der Waals surface area contributed by atoms with E-state index in [0.717, 1.165) is 6.26 Å². The van der Waals surface area contributed by atoms with E-state index in [1.807, 2.05) is 6.07 Å². The summed E-state index contributed by atoms with van der Waals surface area (Å²) in [6, 6.07) is 5.45. The lowest BCUT2D eigenvalue weighted by Gasteiger charge is -2.14. The lowest BCUT2D eigenvalue weighted by Crippen LogP contribution is -2.37. The van der Waals surface area contributed by atoms with Gasteiger partial charge in [-0.05, 0) is 31.5 Å². The minimum Gasteiger partial charge on any atom is -0.229 e. The number of sulfone groups is 1. The molecule has 0 saturated heterocycles. The van der Waals surface area contributed by atoms with Crippen molar-refractivity contribution in [1.82, 2.24) is 4.72 Å². The molecular weight excluding hydrogens is 300 g/mol. The van der Waals surface area contributed by atoms with Crippen LogP contribution in [0.2, 0.25) is 0 Å². The molecule has 1 rings (SSSR count). The summed E-state index contributed by atoms with van der Waals surface area (Å²) in [5.41, 5.74) is 0.717. The molecule has 20 heavy (non-hydrogen) atoms. The first-order chi connectivity index (χ1) is 9.05. The van der Waals surface area contributed by atoms with E-state index in [1.165, 1.54) is 25.1 Å². The topological polar surface area (TPSA) is 104 Å². The first-order valence-electron chi connectivity index (χ1n) is 5.76. The van der Waals surface area contributed by atoms with E-state index in [9.17, 15) is 16.8 Å². The first-order valence-corrected chi connectivity index (χ1v) is 9.30. The van der Waals surface area contributed by atoms with Gasteiger partial charge in [-0.3, -0.25) is 0 Å². The molecule has 1 atom stereocenters. The molecule has 0 heterocycles. The van der Waals surface area contributed by atoms with Crippen LogP contribution in [0, 0.1) is 18.3 Å². The Balaban J connectivity index is 3.09. The van der Waals surface area contributed by atoms with Crippen molar-refractivity contribution in [2.75, 3.05) is 12.0 Å². The van der Waals surface area contributed by atoms with Gasteiger partial charge in [0.25, 0.3) is 0 Å². The molecule has 0 aliphatic carbocycles. The molecule has 8 heteroatoms. The molecule has 0 radical (unpaired) electrons. The summed E-state index contributed by atoms with van der Waals surface area (Å²) in [6.07, 6.45) is 1.04. The normalized spacial score (nSPS) is 13.7. The third-order valence-electron chi connectivity index (χ3n) is 2.52. The Kier molecular flexibility index (Phi) is 4.91. The number of rotatable bonds is 5. The summed E-state index contributed by atoms with van der Waals surface area (Å²) in [5, 5.41) is 8.81. The van der Waals surface area contributed by atoms with Crippen LogP contribution in [0.25, 0.3) is 0 Å². The minimum atomic E-state index is -3.86. The molecule has 0 aliphatic rings. The molecule has 0 aliphatic heterocycles. The second kappa shape index (κ2) is 5.91. The average Bonchev–Trinajstić information content (AvgIpc) is 2.25. The van der Waals surface area contributed by atoms with Gasteiger partial charge in [0, 0.05) is 12.3 Å². The summed E-state index contributed by atoms with van der Waals surface area (Å²) in [6.45, 7) is 3.08. The van der Waals surface area contributed by atoms with E-state index in [4.69, 9.17) is 5.26 Å². The molecule has 0 amide bonds. The molecule has 6 nitrogen and oxygen atoms in total. The highest BCUT2D eigenvalue weighted by Crippen LogP contribution is 2.17. The van der Waals surface area contributed by atoms with Crippen LogP contribution in [0.3, 0.4) is 0 Å². The lowest BCUT2D eigenvalue weighted by atomic mass is 10.2. The number of aryl methyl sites for hydroxylation is 1. The fraction of sp³-hybridized carbons (Fsp3) is 0.417. The third-order valence-corrected chi connectivity index (χ3v) is 5.35. The first kappa shape index (κ1) is 16.6. The second-order valence-corrected chi connectivity index (χ2v) is 8.57. The van der Waals surface area contributed by atoms with E-state index < -0.39 is 25.9 Å². The van der Waals surface area contributed by atoms with E-state index in [0.29, 0.717) is 5.56 Å². The van der Waals surface area contributed by atoms with Crippen LogP contribution in [-0.4, -0.2) is 34.9 Å². The highest BCUT2D eigenvalue weighted by molar-refractivity contribution is 7.91. The van der Waals surface area contributed by atoms with E-state index in [-0.39, 0.29) is 16.2 Å². The summed E-state index contributed by atoms with van der Waals surface area (Å²) in [5.74, 6) is -0.288. The number of hydrogen-bond donors (Lipinski definition) is 1. The Morgan fingerprint density at radius 3 is 2.40 bits per heavy atom. The summed E-state index contributed by atoms with van der Waals surface area (Å²) < 4.78 is 49.0. The minimum absolute atomic E-state index is 0.0168. The number of nitrogens with zero attached hydrogens (tertiary/aromatic N) is 1. The van der Waals surface area contributed by atoms with Crippen LogP contribution >= 0.6 is 0 Å². The van der Waals surface area contributed by atoms with Crippen molar-refractivity contribution >= 4 is 19.9 Å². The van der Waals surface area contributed by atoms with E-state index in [2.05, 4.69) is 4.72 Å². The molecule has 0 bridgehead atoms. The van der Waals surface area contributed by atoms with Gasteiger partial charge in [-0.2, -0.15) is 5.26 Å². The molecule has 0 aromatic heterocycles. The molecule has 0 spiro atoms. The standard InChI is InChI=1S/C12H16N2O4S2/c1-9-4-5-11(7-13)6-12(9)20(17,18)14-10(2)8-19(3,15)16/h4-6,10,14H,8H2,1-3H3. The maximum Gasteiger partial charge on any atom is 0.241 e. The molecule has 1 N–H and O–H groups in total. The maximum absolute atomic E-state index is 12.2. The fourth-order valence-electron chi connectivity index (χ4n) is 1.78. The Morgan fingerprint density at radius 1 is 1.30 bits per heavy atom. The van der Waals surface area contributed by atoms with Crippen molar-refractivity contribution < 1.29 is 16.8 Å². The number of sulfonamides is 1. The lowest BCUT2D eigenvalue weighted by molar-refractivity contribution is 0.564. The van der Waals surface area contributed by atoms with Crippen LogP contribution in [0.4, 0.5) is 0 Å². The molecule has 1 unspecified atom stereocenters. The predicted molar refractivity (Wildman–Crippen MR) is 75.4 cm³/mol. The smallest absolute Gasteiger partial charge is 0.229 e. The van der Waals surface area contributed by atoms with Crippen LogP contribution < -0.4 is 4.72 Å². The SMILES string of the molecule is Cc1ccc(C#N)cc1S(=O)(=O)NC(C)CS(C)(=O)=O. The van der Waals surface area contributed by atoms with Gasteiger partial charge in [-0.25, -0.2) is 21.6 Å².